The minimum absolute atomic E-state index is 0.0154. The largest absolute Gasteiger partial charge is 0.478 e. The van der Waals surface area contributed by atoms with E-state index in [1.54, 1.807) is 0 Å². The lowest BCUT2D eigenvalue weighted by molar-refractivity contribution is 0.0696. The highest BCUT2D eigenvalue weighted by atomic mass is 32.2. The Morgan fingerprint density at radius 3 is 2.40 bits per heavy atom. The van der Waals surface area contributed by atoms with Crippen molar-refractivity contribution in [3.8, 4) is 0 Å². The Hall–Kier alpha value is -1.40. The summed E-state index contributed by atoms with van der Waals surface area (Å²) in [7, 11) is -3.65. The second kappa shape index (κ2) is 6.37. The number of carboxylic acids is 1. The van der Waals surface area contributed by atoms with Gasteiger partial charge in [0.2, 0.25) is 10.0 Å². The van der Waals surface area contributed by atoms with Crippen molar-refractivity contribution in [2.24, 2.45) is 0 Å². The van der Waals surface area contributed by atoms with Gasteiger partial charge in [-0.2, -0.15) is 0 Å². The predicted octanol–water partition coefficient (Wildman–Crippen LogP) is 2.39. The Bertz CT molecular complexity index is 575. The zero-order chi connectivity index (χ0) is 14.6. The third-order valence-corrected chi connectivity index (χ3v) is 5.09. The molecule has 2 N–H and O–H groups in total. The van der Waals surface area contributed by atoms with Crippen molar-refractivity contribution in [1.29, 1.82) is 0 Å². The van der Waals surface area contributed by atoms with Crippen molar-refractivity contribution in [1.82, 2.24) is 4.72 Å². The molecule has 0 atom stereocenters. The molecular weight excluding hydrogens is 278 g/mol. The highest BCUT2D eigenvalue weighted by Crippen LogP contribution is 2.20. The third kappa shape index (κ3) is 3.80. The molecule has 0 unspecified atom stereocenters. The lowest BCUT2D eigenvalue weighted by Crippen LogP contribution is -2.34. The van der Waals surface area contributed by atoms with Crippen molar-refractivity contribution >= 4 is 16.0 Å². The third-order valence-electron chi connectivity index (χ3n) is 3.57. The van der Waals surface area contributed by atoms with Gasteiger partial charge in [-0.15, -0.1) is 0 Å². The van der Waals surface area contributed by atoms with E-state index in [2.05, 4.69) is 4.72 Å². The van der Waals surface area contributed by atoms with Crippen LogP contribution in [0.2, 0.25) is 0 Å². The average molecular weight is 297 g/mol. The van der Waals surface area contributed by atoms with Gasteiger partial charge in [0, 0.05) is 6.04 Å². The van der Waals surface area contributed by atoms with Crippen LogP contribution in [0.4, 0.5) is 0 Å². The van der Waals surface area contributed by atoms with E-state index in [1.807, 2.05) is 0 Å². The van der Waals surface area contributed by atoms with Crippen molar-refractivity contribution in [2.75, 3.05) is 0 Å². The zero-order valence-electron chi connectivity index (χ0n) is 11.2. The van der Waals surface area contributed by atoms with Gasteiger partial charge in [0.15, 0.2) is 0 Å². The molecule has 1 saturated carbocycles. The molecule has 0 radical (unpaired) electrons. The van der Waals surface area contributed by atoms with Gasteiger partial charge in [-0.25, -0.2) is 17.9 Å². The van der Waals surface area contributed by atoms with Gasteiger partial charge in [0.1, 0.15) is 0 Å². The number of rotatable bonds is 4. The number of carboxylic acid groups (broad SMARTS) is 1. The Morgan fingerprint density at radius 1 is 1.15 bits per heavy atom. The first-order valence-electron chi connectivity index (χ1n) is 6.85. The quantitative estimate of drug-likeness (QED) is 0.836. The summed E-state index contributed by atoms with van der Waals surface area (Å²) in [6.07, 6.45) is 6.04. The Morgan fingerprint density at radius 2 is 1.80 bits per heavy atom. The van der Waals surface area contributed by atoms with Gasteiger partial charge in [-0.1, -0.05) is 31.7 Å². The minimum atomic E-state index is -3.65. The molecule has 1 aliphatic rings. The monoisotopic (exact) mass is 297 g/mol. The molecule has 20 heavy (non-hydrogen) atoms. The maximum atomic E-state index is 12.3. The predicted molar refractivity (Wildman–Crippen MR) is 75.2 cm³/mol. The Kier molecular flexibility index (Phi) is 4.77. The molecule has 2 rings (SSSR count). The molecule has 0 heterocycles. The molecule has 0 aromatic heterocycles. The van der Waals surface area contributed by atoms with Gasteiger partial charge < -0.3 is 5.11 Å². The van der Waals surface area contributed by atoms with E-state index in [0.29, 0.717) is 0 Å². The van der Waals surface area contributed by atoms with E-state index >= 15 is 0 Å². The fourth-order valence-electron chi connectivity index (χ4n) is 2.48. The van der Waals surface area contributed by atoms with Crippen LogP contribution in [0.1, 0.15) is 48.9 Å². The zero-order valence-corrected chi connectivity index (χ0v) is 12.0. The number of sulfonamides is 1. The summed E-state index contributed by atoms with van der Waals surface area (Å²) >= 11 is 0. The van der Waals surface area contributed by atoms with Crippen LogP contribution in [-0.4, -0.2) is 25.5 Å². The first-order chi connectivity index (χ1) is 9.49. The molecule has 0 aliphatic heterocycles. The topological polar surface area (TPSA) is 83.5 Å². The smallest absolute Gasteiger partial charge is 0.335 e. The minimum Gasteiger partial charge on any atom is -0.478 e. The summed E-state index contributed by atoms with van der Waals surface area (Å²) in [5.74, 6) is -1.13. The van der Waals surface area contributed by atoms with Gasteiger partial charge in [0.05, 0.1) is 10.5 Å². The van der Waals surface area contributed by atoms with Gasteiger partial charge in [0.25, 0.3) is 0 Å². The molecule has 6 heteroatoms. The maximum Gasteiger partial charge on any atom is 0.335 e. The fourth-order valence-corrected chi connectivity index (χ4v) is 3.83. The van der Waals surface area contributed by atoms with Crippen molar-refractivity contribution < 1.29 is 18.3 Å². The number of aromatic carboxylic acids is 1. The molecule has 0 saturated heterocycles. The highest BCUT2D eigenvalue weighted by molar-refractivity contribution is 7.89. The van der Waals surface area contributed by atoms with E-state index in [4.69, 9.17) is 5.11 Å². The van der Waals surface area contributed by atoms with Crippen LogP contribution in [0.3, 0.4) is 0 Å². The van der Waals surface area contributed by atoms with Crippen LogP contribution in [0.15, 0.2) is 29.2 Å². The van der Waals surface area contributed by atoms with Crippen LogP contribution >= 0.6 is 0 Å². The van der Waals surface area contributed by atoms with Crippen molar-refractivity contribution in [3.63, 3.8) is 0 Å². The van der Waals surface area contributed by atoms with E-state index in [-0.39, 0.29) is 16.5 Å². The van der Waals surface area contributed by atoms with E-state index in [1.165, 1.54) is 24.3 Å². The second-order valence-electron chi connectivity index (χ2n) is 5.14. The number of benzene rings is 1. The molecule has 1 fully saturated rings. The number of hydrogen-bond donors (Lipinski definition) is 2. The summed E-state index contributed by atoms with van der Waals surface area (Å²) in [6.45, 7) is 0. The Labute approximate surface area is 119 Å². The highest BCUT2D eigenvalue weighted by Gasteiger charge is 2.21. The summed E-state index contributed by atoms with van der Waals surface area (Å²) in [4.78, 5) is 10.9. The first kappa shape index (κ1) is 15.0. The molecule has 1 aromatic rings. The molecule has 5 nitrogen and oxygen atoms in total. The van der Waals surface area contributed by atoms with Gasteiger partial charge in [-0.05, 0) is 31.0 Å². The molecule has 0 bridgehead atoms. The van der Waals surface area contributed by atoms with Gasteiger partial charge >= 0.3 is 5.97 Å². The van der Waals surface area contributed by atoms with E-state index in [9.17, 15) is 13.2 Å². The Balaban J connectivity index is 2.17. The van der Waals surface area contributed by atoms with Crippen LogP contribution in [0.5, 0.6) is 0 Å². The molecule has 110 valence electrons. The van der Waals surface area contributed by atoms with Crippen LogP contribution in [0.25, 0.3) is 0 Å². The van der Waals surface area contributed by atoms with Crippen LogP contribution in [0, 0.1) is 0 Å². The maximum absolute atomic E-state index is 12.3. The molecule has 0 amide bonds. The second-order valence-corrected chi connectivity index (χ2v) is 6.86. The fraction of sp³-hybridized carbons (Fsp3) is 0.500. The standard InChI is InChI=1S/C14H19NO4S/c16-14(17)11-6-5-9-13(10-11)20(18,19)15-12-7-3-1-2-4-8-12/h5-6,9-10,12,15H,1-4,7-8H2,(H,16,17). The molecular formula is C14H19NO4S. The lowest BCUT2D eigenvalue weighted by atomic mass is 10.1. The van der Waals surface area contributed by atoms with Crippen molar-refractivity contribution in [3.05, 3.63) is 29.8 Å². The van der Waals surface area contributed by atoms with Gasteiger partial charge in [-0.3, -0.25) is 0 Å². The summed E-state index contributed by atoms with van der Waals surface area (Å²) in [6, 6.07) is 5.40. The number of carbonyl (C=O) groups is 1. The summed E-state index contributed by atoms with van der Waals surface area (Å²) in [5.41, 5.74) is -0.0197. The van der Waals surface area contributed by atoms with E-state index < -0.39 is 16.0 Å². The molecule has 1 aromatic carbocycles. The first-order valence-corrected chi connectivity index (χ1v) is 8.33. The summed E-state index contributed by atoms with van der Waals surface area (Å²) < 4.78 is 27.3. The van der Waals surface area contributed by atoms with Crippen LogP contribution in [-0.2, 0) is 10.0 Å². The van der Waals surface area contributed by atoms with Crippen molar-refractivity contribution in [2.45, 2.75) is 49.5 Å². The number of hydrogen-bond acceptors (Lipinski definition) is 3. The molecule has 0 spiro atoms. The van der Waals surface area contributed by atoms with Crippen LogP contribution < -0.4 is 4.72 Å². The average Bonchev–Trinajstić information content (AvgIpc) is 2.67. The normalized spacial score (nSPS) is 17.6. The summed E-state index contributed by atoms with van der Waals surface area (Å²) in [5, 5.41) is 8.92. The number of nitrogens with one attached hydrogen (secondary N) is 1. The SMILES string of the molecule is O=C(O)c1cccc(S(=O)(=O)NC2CCCCCC2)c1. The lowest BCUT2D eigenvalue weighted by Gasteiger charge is -2.16. The molecule has 1 aliphatic carbocycles. The van der Waals surface area contributed by atoms with E-state index in [0.717, 1.165) is 38.5 Å².